The van der Waals surface area contributed by atoms with Crippen LogP contribution in [0.25, 0.3) is 22.2 Å². The topological polar surface area (TPSA) is 114 Å². The molecule has 230 valence electrons. The number of amides is 2. The number of anilines is 1. The average Bonchev–Trinajstić information content (AvgIpc) is 3.26. The van der Waals surface area contributed by atoms with Gasteiger partial charge in [0.1, 0.15) is 5.75 Å². The van der Waals surface area contributed by atoms with Crippen molar-refractivity contribution in [3.05, 3.63) is 86.8 Å². The molecule has 1 aliphatic heterocycles. The lowest BCUT2D eigenvalue weighted by atomic mass is 9.81. The maximum atomic E-state index is 13.4. The number of carbonyl (C=O) groups excluding carboxylic acids is 4. The van der Waals surface area contributed by atoms with Gasteiger partial charge in [0, 0.05) is 25.1 Å². The number of aromatic nitrogens is 1. The van der Waals surface area contributed by atoms with Crippen LogP contribution < -0.4 is 4.90 Å². The van der Waals surface area contributed by atoms with Crippen molar-refractivity contribution in [2.24, 2.45) is 11.8 Å². The molecule has 0 bridgehead atoms. The first kappa shape index (κ1) is 31.8. The Morgan fingerprint density at radius 3 is 2.22 bits per heavy atom. The number of halogens is 4. The molecule has 2 heterocycles. The van der Waals surface area contributed by atoms with E-state index in [1.165, 1.54) is 17.0 Å². The van der Waals surface area contributed by atoms with E-state index in [4.69, 9.17) is 21.3 Å². The van der Waals surface area contributed by atoms with Gasteiger partial charge >= 0.3 is 5.97 Å². The molecule has 1 aromatic heterocycles. The fraction of sp³-hybridized carbons (Fsp3) is 0.242. The predicted octanol–water partition coefficient (Wildman–Crippen LogP) is 7.80. The van der Waals surface area contributed by atoms with Gasteiger partial charge < -0.3 is 9.84 Å². The van der Waals surface area contributed by atoms with Crippen LogP contribution in [0.3, 0.4) is 0 Å². The minimum Gasteiger partial charge on any atom is -0.507 e. The molecule has 4 aromatic rings. The van der Waals surface area contributed by atoms with E-state index >= 15 is 0 Å². The Morgan fingerprint density at radius 1 is 0.978 bits per heavy atom. The Balaban J connectivity index is 1.33. The number of nitrogens with zero attached hydrogens (tertiary/aromatic N) is 2. The third-order valence-corrected chi connectivity index (χ3v) is 12.4. The van der Waals surface area contributed by atoms with E-state index in [0.717, 1.165) is 0 Å². The standard InChI is InChI=1S/C33H24Br3ClN2O6/c1-15-29(37)25(36)10-19-22(33(44)45-14-28(41)18-4-2-3-5-27(18)40)13-26(38-30(15)19)16-6-8-17(9-7-16)39-31(42)20-11-23(34)24(35)12-21(20)32(39)43/h2-10,13,20-21,23-24,40H,11-12,14H2,1H3. The molecule has 8 nitrogen and oxygen atoms in total. The van der Waals surface area contributed by atoms with E-state index in [0.29, 0.717) is 55.7 Å². The zero-order valence-electron chi connectivity index (χ0n) is 23.6. The van der Waals surface area contributed by atoms with Crippen LogP contribution in [0.15, 0.2) is 65.1 Å². The van der Waals surface area contributed by atoms with Gasteiger partial charge in [0.15, 0.2) is 6.61 Å². The van der Waals surface area contributed by atoms with Gasteiger partial charge in [0.2, 0.25) is 17.6 Å². The minimum atomic E-state index is -0.760. The maximum absolute atomic E-state index is 13.4. The van der Waals surface area contributed by atoms with E-state index in [2.05, 4.69) is 47.8 Å². The molecular weight excluding hydrogens is 796 g/mol. The van der Waals surface area contributed by atoms with Crippen LogP contribution >= 0.6 is 59.4 Å². The molecule has 4 unspecified atom stereocenters. The Morgan fingerprint density at radius 2 is 1.60 bits per heavy atom. The number of ketones is 1. The Labute approximate surface area is 288 Å². The number of aromatic hydroxyl groups is 1. The molecule has 6 rings (SSSR count). The number of ether oxygens (including phenoxy) is 1. The zero-order valence-corrected chi connectivity index (χ0v) is 29.1. The molecule has 1 aliphatic carbocycles. The molecule has 3 aromatic carbocycles. The Kier molecular flexibility index (Phi) is 8.91. The summed E-state index contributed by atoms with van der Waals surface area (Å²) < 4.78 is 5.98. The third-order valence-electron chi connectivity index (χ3n) is 8.32. The number of rotatable bonds is 6. The van der Waals surface area contributed by atoms with Crippen LogP contribution in [0.4, 0.5) is 5.69 Å². The number of aryl methyl sites for hydroxylation is 1. The van der Waals surface area contributed by atoms with Crippen LogP contribution in [-0.4, -0.2) is 49.9 Å². The average molecular weight is 820 g/mol. The number of Topliss-reactive ketones (excluding diaryl/α,β-unsaturated/α-hetero) is 1. The molecule has 45 heavy (non-hydrogen) atoms. The molecule has 2 amide bonds. The summed E-state index contributed by atoms with van der Waals surface area (Å²) in [6, 6.07) is 16.1. The van der Waals surface area contributed by atoms with Gasteiger partial charge in [-0.2, -0.15) is 0 Å². The number of benzene rings is 3. The fourth-order valence-corrected chi connectivity index (χ4v) is 7.81. The summed E-state index contributed by atoms with van der Waals surface area (Å²) in [4.78, 5) is 59.0. The number of phenols is 1. The highest BCUT2D eigenvalue weighted by molar-refractivity contribution is 9.12. The van der Waals surface area contributed by atoms with Crippen LogP contribution in [-0.2, 0) is 14.3 Å². The molecule has 1 N–H and O–H groups in total. The number of para-hydroxylation sites is 1. The van der Waals surface area contributed by atoms with Gasteiger partial charge in [-0.05, 0) is 77.7 Å². The number of alkyl halides is 2. The van der Waals surface area contributed by atoms with Crippen molar-refractivity contribution >= 4 is 99.5 Å². The SMILES string of the molecule is Cc1c(Cl)c(Br)cc2c(C(=O)OCC(=O)c3ccccc3O)cc(-c3ccc(N4C(=O)C5CC(Br)C(Br)CC5C4=O)cc3)nc12. The first-order valence-electron chi connectivity index (χ1n) is 14.0. The van der Waals surface area contributed by atoms with Crippen LogP contribution in [0.2, 0.25) is 5.02 Å². The highest BCUT2D eigenvalue weighted by Crippen LogP contribution is 2.44. The van der Waals surface area contributed by atoms with Gasteiger partial charge in [0.05, 0.1) is 44.9 Å². The smallest absolute Gasteiger partial charge is 0.339 e. The molecule has 1 saturated heterocycles. The second-order valence-electron chi connectivity index (χ2n) is 11.0. The number of pyridine rings is 1. The number of fused-ring (bicyclic) bond motifs is 2. The Bertz CT molecular complexity index is 1870. The number of esters is 1. The third kappa shape index (κ3) is 5.84. The number of hydrogen-bond acceptors (Lipinski definition) is 7. The van der Waals surface area contributed by atoms with Crippen molar-refractivity contribution in [3.8, 4) is 17.0 Å². The summed E-state index contributed by atoms with van der Waals surface area (Å²) >= 11 is 17.2. The minimum absolute atomic E-state index is 0.0456. The summed E-state index contributed by atoms with van der Waals surface area (Å²) in [7, 11) is 0. The summed E-state index contributed by atoms with van der Waals surface area (Å²) in [5.41, 5.74) is 2.81. The highest BCUT2D eigenvalue weighted by atomic mass is 79.9. The van der Waals surface area contributed by atoms with E-state index in [1.54, 1.807) is 55.5 Å². The summed E-state index contributed by atoms with van der Waals surface area (Å²) in [5.74, 6) is -2.66. The van der Waals surface area contributed by atoms with Gasteiger partial charge in [-0.25, -0.2) is 9.78 Å². The van der Waals surface area contributed by atoms with Crippen LogP contribution in [0.1, 0.15) is 39.1 Å². The van der Waals surface area contributed by atoms with Gasteiger partial charge in [0.25, 0.3) is 0 Å². The first-order valence-corrected chi connectivity index (χ1v) is 17.0. The van der Waals surface area contributed by atoms with Crippen LogP contribution in [0.5, 0.6) is 5.75 Å². The van der Waals surface area contributed by atoms with Crippen molar-refractivity contribution in [2.45, 2.75) is 29.4 Å². The van der Waals surface area contributed by atoms with Crippen molar-refractivity contribution in [2.75, 3.05) is 11.5 Å². The first-order chi connectivity index (χ1) is 21.5. The number of hydrogen-bond donors (Lipinski definition) is 1. The van der Waals surface area contributed by atoms with Crippen molar-refractivity contribution in [1.82, 2.24) is 4.98 Å². The quantitative estimate of drug-likeness (QED) is 0.0915. The second-order valence-corrected chi connectivity index (χ2v) is 14.6. The van der Waals surface area contributed by atoms with Crippen molar-refractivity contribution in [3.63, 3.8) is 0 Å². The number of imide groups is 1. The normalized spacial score (nSPS) is 21.2. The molecule has 2 fully saturated rings. The van der Waals surface area contributed by atoms with Crippen LogP contribution in [0, 0.1) is 18.8 Å². The monoisotopic (exact) mass is 816 g/mol. The summed E-state index contributed by atoms with van der Waals surface area (Å²) in [6.07, 6.45) is 1.16. The van der Waals surface area contributed by atoms with Gasteiger partial charge in [-0.15, -0.1) is 0 Å². The molecule has 4 atom stereocenters. The maximum Gasteiger partial charge on any atom is 0.339 e. The zero-order chi connectivity index (χ0) is 32.2. The van der Waals surface area contributed by atoms with E-state index in [-0.39, 0.29) is 50.2 Å². The lowest BCUT2D eigenvalue weighted by Crippen LogP contribution is -2.34. The summed E-state index contributed by atoms with van der Waals surface area (Å²) in [5, 5.41) is 10.9. The van der Waals surface area contributed by atoms with Gasteiger partial charge in [-0.3, -0.25) is 19.3 Å². The lowest BCUT2D eigenvalue weighted by molar-refractivity contribution is -0.122. The molecule has 0 radical (unpaired) electrons. The largest absolute Gasteiger partial charge is 0.507 e. The number of carbonyl (C=O) groups is 4. The molecule has 2 aliphatic rings. The van der Waals surface area contributed by atoms with E-state index in [9.17, 15) is 24.3 Å². The second kappa shape index (κ2) is 12.6. The van der Waals surface area contributed by atoms with Crippen molar-refractivity contribution in [1.29, 1.82) is 0 Å². The van der Waals surface area contributed by atoms with Crippen molar-refractivity contribution < 1.29 is 29.0 Å². The van der Waals surface area contributed by atoms with E-state index < -0.39 is 18.4 Å². The predicted molar refractivity (Wildman–Crippen MR) is 181 cm³/mol. The molecule has 1 saturated carbocycles. The number of phenolic OH excluding ortho intramolecular Hbond substituents is 1. The van der Waals surface area contributed by atoms with Gasteiger partial charge in [-0.1, -0.05) is 67.7 Å². The summed E-state index contributed by atoms with van der Waals surface area (Å²) in [6.45, 7) is 1.20. The Hall–Kier alpha value is -3.12. The lowest BCUT2D eigenvalue weighted by Gasteiger charge is -2.29. The molecular formula is C33H24Br3ClN2O6. The van der Waals surface area contributed by atoms with E-state index in [1.807, 2.05) is 0 Å². The highest BCUT2D eigenvalue weighted by Gasteiger charge is 2.52. The molecule has 12 heteroatoms. The fourth-order valence-electron chi connectivity index (χ4n) is 5.90. The molecule has 0 spiro atoms.